The maximum Gasteiger partial charge on any atom is 0.110 e. The summed E-state index contributed by atoms with van der Waals surface area (Å²) in [6.07, 6.45) is 4.54. The van der Waals surface area contributed by atoms with E-state index in [9.17, 15) is 0 Å². The van der Waals surface area contributed by atoms with Crippen LogP contribution in [-0.4, -0.2) is 15.6 Å². The summed E-state index contributed by atoms with van der Waals surface area (Å²) in [4.78, 5) is 4.78. The highest BCUT2D eigenvalue weighted by Crippen LogP contribution is 2.39. The fourth-order valence-electron chi connectivity index (χ4n) is 2.40. The molecule has 1 saturated carbocycles. The van der Waals surface area contributed by atoms with Crippen molar-refractivity contribution in [2.24, 2.45) is 5.73 Å². The summed E-state index contributed by atoms with van der Waals surface area (Å²) in [5.41, 5.74) is 8.21. The predicted octanol–water partition coefficient (Wildman–Crippen LogP) is 3.41. The Labute approximate surface area is 116 Å². The molecular weight excluding hydrogens is 290 g/mol. The van der Waals surface area contributed by atoms with Crippen LogP contribution in [0.25, 0.3) is 11.0 Å². The van der Waals surface area contributed by atoms with Crippen molar-refractivity contribution in [3.63, 3.8) is 0 Å². The molecule has 0 spiro atoms. The van der Waals surface area contributed by atoms with E-state index in [4.69, 9.17) is 10.7 Å². The summed E-state index contributed by atoms with van der Waals surface area (Å²) in [6, 6.07) is 7.27. The molecule has 0 aliphatic heterocycles. The average molecular weight is 308 g/mol. The van der Waals surface area contributed by atoms with Gasteiger partial charge >= 0.3 is 0 Å². The molecule has 3 rings (SSSR count). The third-order valence-electron chi connectivity index (χ3n) is 3.46. The lowest BCUT2D eigenvalue weighted by molar-refractivity contribution is 0.615. The standard InChI is InChI=1S/C14H18BrN3/c1-9(16)2-7-14-17-12-8-10(15)3-6-13(12)18(14)11-4-5-11/h3,6,8-9,11H,2,4-5,7,16H2,1H3. The van der Waals surface area contributed by atoms with Crippen LogP contribution in [0.4, 0.5) is 0 Å². The first-order valence-corrected chi connectivity index (χ1v) is 7.36. The first kappa shape index (κ1) is 12.2. The number of nitrogens with zero attached hydrogens (tertiary/aromatic N) is 2. The predicted molar refractivity (Wildman–Crippen MR) is 77.7 cm³/mol. The highest BCUT2D eigenvalue weighted by atomic mass is 79.9. The van der Waals surface area contributed by atoms with Crippen LogP contribution in [0.5, 0.6) is 0 Å². The Kier molecular flexibility index (Phi) is 3.16. The van der Waals surface area contributed by atoms with Gasteiger partial charge in [0.2, 0.25) is 0 Å². The minimum absolute atomic E-state index is 0.240. The van der Waals surface area contributed by atoms with Gasteiger partial charge in [0.15, 0.2) is 0 Å². The zero-order valence-electron chi connectivity index (χ0n) is 10.6. The Morgan fingerprint density at radius 1 is 1.50 bits per heavy atom. The van der Waals surface area contributed by atoms with Crippen LogP contribution in [0.15, 0.2) is 22.7 Å². The molecule has 1 atom stereocenters. The molecule has 3 nitrogen and oxygen atoms in total. The van der Waals surface area contributed by atoms with Crippen LogP contribution in [0.2, 0.25) is 0 Å². The minimum atomic E-state index is 0.240. The fraction of sp³-hybridized carbons (Fsp3) is 0.500. The molecule has 1 aliphatic carbocycles. The van der Waals surface area contributed by atoms with E-state index in [1.165, 1.54) is 24.2 Å². The van der Waals surface area contributed by atoms with E-state index >= 15 is 0 Å². The first-order chi connectivity index (χ1) is 8.65. The van der Waals surface area contributed by atoms with Gasteiger partial charge < -0.3 is 10.3 Å². The number of halogens is 1. The molecule has 18 heavy (non-hydrogen) atoms. The van der Waals surface area contributed by atoms with Gasteiger partial charge in [-0.05, 0) is 44.4 Å². The quantitative estimate of drug-likeness (QED) is 0.940. The molecule has 1 fully saturated rings. The van der Waals surface area contributed by atoms with Gasteiger partial charge in [0.25, 0.3) is 0 Å². The van der Waals surface area contributed by atoms with Crippen molar-refractivity contribution < 1.29 is 0 Å². The van der Waals surface area contributed by atoms with Gasteiger partial charge in [0.05, 0.1) is 11.0 Å². The molecule has 0 radical (unpaired) electrons. The Balaban J connectivity index is 2.03. The number of aryl methyl sites for hydroxylation is 1. The molecule has 1 heterocycles. The van der Waals surface area contributed by atoms with E-state index in [1.807, 2.05) is 0 Å². The van der Waals surface area contributed by atoms with Crippen LogP contribution >= 0.6 is 15.9 Å². The van der Waals surface area contributed by atoms with Crippen molar-refractivity contribution in [1.29, 1.82) is 0 Å². The topological polar surface area (TPSA) is 43.8 Å². The van der Waals surface area contributed by atoms with Crippen molar-refractivity contribution in [3.8, 4) is 0 Å². The molecule has 2 aromatic rings. The summed E-state index contributed by atoms with van der Waals surface area (Å²) >= 11 is 3.51. The second-order valence-corrected chi connectivity index (χ2v) is 6.19. The van der Waals surface area contributed by atoms with E-state index in [2.05, 4.69) is 45.6 Å². The van der Waals surface area contributed by atoms with Crippen LogP contribution in [0.3, 0.4) is 0 Å². The number of imidazole rings is 1. The SMILES string of the molecule is CC(N)CCc1nc2cc(Br)ccc2n1C1CC1. The molecular formula is C14H18BrN3. The molecule has 0 amide bonds. The van der Waals surface area contributed by atoms with Crippen molar-refractivity contribution in [1.82, 2.24) is 9.55 Å². The van der Waals surface area contributed by atoms with Gasteiger partial charge in [0, 0.05) is 23.0 Å². The van der Waals surface area contributed by atoms with E-state index in [0.717, 1.165) is 22.8 Å². The number of fused-ring (bicyclic) bond motifs is 1. The number of hydrogen-bond acceptors (Lipinski definition) is 2. The van der Waals surface area contributed by atoms with Gasteiger partial charge in [-0.1, -0.05) is 15.9 Å². The van der Waals surface area contributed by atoms with E-state index in [0.29, 0.717) is 6.04 Å². The van der Waals surface area contributed by atoms with Crippen LogP contribution in [0.1, 0.15) is 38.1 Å². The third kappa shape index (κ3) is 2.31. The Morgan fingerprint density at radius 3 is 2.94 bits per heavy atom. The van der Waals surface area contributed by atoms with Gasteiger partial charge in [-0.15, -0.1) is 0 Å². The van der Waals surface area contributed by atoms with Gasteiger partial charge in [-0.3, -0.25) is 0 Å². The maximum atomic E-state index is 5.86. The molecule has 2 N–H and O–H groups in total. The molecule has 1 aromatic heterocycles. The summed E-state index contributed by atoms with van der Waals surface area (Å²) in [5.74, 6) is 1.20. The van der Waals surface area contributed by atoms with Gasteiger partial charge in [0.1, 0.15) is 5.82 Å². The monoisotopic (exact) mass is 307 g/mol. The van der Waals surface area contributed by atoms with Crippen LogP contribution in [0, 0.1) is 0 Å². The lowest BCUT2D eigenvalue weighted by atomic mass is 10.2. The minimum Gasteiger partial charge on any atom is -0.328 e. The zero-order valence-corrected chi connectivity index (χ0v) is 12.2. The Morgan fingerprint density at radius 2 is 2.28 bits per heavy atom. The molecule has 96 valence electrons. The van der Waals surface area contributed by atoms with E-state index < -0.39 is 0 Å². The van der Waals surface area contributed by atoms with Crippen molar-refractivity contribution >= 4 is 27.0 Å². The highest BCUT2D eigenvalue weighted by molar-refractivity contribution is 9.10. The zero-order chi connectivity index (χ0) is 12.7. The second-order valence-electron chi connectivity index (χ2n) is 5.28. The summed E-state index contributed by atoms with van der Waals surface area (Å²) in [6.45, 7) is 2.06. The normalized spacial score (nSPS) is 17.3. The lowest BCUT2D eigenvalue weighted by Crippen LogP contribution is -2.16. The molecule has 0 bridgehead atoms. The van der Waals surface area contributed by atoms with Gasteiger partial charge in [-0.2, -0.15) is 0 Å². The maximum absolute atomic E-state index is 5.86. The molecule has 0 saturated heterocycles. The lowest BCUT2D eigenvalue weighted by Gasteiger charge is -2.08. The fourth-order valence-corrected chi connectivity index (χ4v) is 2.74. The number of aromatic nitrogens is 2. The number of benzene rings is 1. The highest BCUT2D eigenvalue weighted by Gasteiger charge is 2.27. The molecule has 1 unspecified atom stereocenters. The number of rotatable bonds is 4. The molecule has 1 aromatic carbocycles. The van der Waals surface area contributed by atoms with Crippen molar-refractivity contribution in [2.45, 2.75) is 44.7 Å². The van der Waals surface area contributed by atoms with E-state index in [-0.39, 0.29) is 6.04 Å². The summed E-state index contributed by atoms with van der Waals surface area (Å²) < 4.78 is 3.51. The first-order valence-electron chi connectivity index (χ1n) is 6.57. The average Bonchev–Trinajstić information content (AvgIpc) is 3.08. The van der Waals surface area contributed by atoms with Gasteiger partial charge in [-0.25, -0.2) is 4.98 Å². The number of nitrogens with two attached hydrogens (primary N) is 1. The summed E-state index contributed by atoms with van der Waals surface area (Å²) in [7, 11) is 0. The Hall–Kier alpha value is -0.870. The van der Waals surface area contributed by atoms with E-state index in [1.54, 1.807) is 0 Å². The third-order valence-corrected chi connectivity index (χ3v) is 3.95. The largest absolute Gasteiger partial charge is 0.328 e. The Bertz CT molecular complexity index is 570. The van der Waals surface area contributed by atoms with Crippen LogP contribution < -0.4 is 5.73 Å². The second kappa shape index (κ2) is 4.67. The smallest absolute Gasteiger partial charge is 0.110 e. The van der Waals surface area contributed by atoms with Crippen molar-refractivity contribution in [3.05, 3.63) is 28.5 Å². The molecule has 1 aliphatic rings. The number of hydrogen-bond donors (Lipinski definition) is 1. The summed E-state index contributed by atoms with van der Waals surface area (Å²) in [5, 5.41) is 0. The van der Waals surface area contributed by atoms with Crippen LogP contribution in [-0.2, 0) is 6.42 Å². The molecule has 4 heteroatoms. The van der Waals surface area contributed by atoms with Crippen molar-refractivity contribution in [2.75, 3.05) is 0 Å².